The molecule has 8 heteroatoms. The van der Waals surface area contributed by atoms with Gasteiger partial charge < -0.3 is 19.6 Å². The molecule has 0 aliphatic rings. The summed E-state index contributed by atoms with van der Waals surface area (Å²) >= 11 is 0. The molecule has 1 aromatic carbocycles. The second kappa shape index (κ2) is 5.02. The molecule has 17 heavy (non-hydrogen) atoms. The molecule has 0 fully saturated rings. The van der Waals surface area contributed by atoms with Gasteiger partial charge in [-0.25, -0.2) is 0 Å². The second-order valence-corrected chi connectivity index (χ2v) is 7.86. The number of hydrogen-bond acceptors (Lipinski definition) is 2. The van der Waals surface area contributed by atoms with Gasteiger partial charge in [0.15, 0.2) is 5.40 Å². The summed E-state index contributed by atoms with van der Waals surface area (Å²) in [6.07, 6.45) is -0.351. The lowest BCUT2D eigenvalue weighted by Gasteiger charge is -2.19. The Kier molecular flexibility index (Phi) is 4.31. The van der Waals surface area contributed by atoms with E-state index in [-0.39, 0.29) is 6.42 Å². The first kappa shape index (κ1) is 14.6. The van der Waals surface area contributed by atoms with E-state index in [4.69, 9.17) is 19.6 Å². The highest BCUT2D eigenvalue weighted by Gasteiger charge is 2.43. The van der Waals surface area contributed by atoms with Crippen LogP contribution in [0.5, 0.6) is 0 Å². The Hall–Kier alpha value is -0.480. The molecule has 0 heterocycles. The molecule has 0 aliphatic carbocycles. The first-order valence-electron chi connectivity index (χ1n) is 4.76. The first-order valence-corrected chi connectivity index (χ1v) is 8.13. The third-order valence-electron chi connectivity index (χ3n) is 2.28. The predicted molar refractivity (Wildman–Crippen MR) is 62.8 cm³/mol. The van der Waals surface area contributed by atoms with Gasteiger partial charge in [0.2, 0.25) is 0 Å². The lowest BCUT2D eigenvalue weighted by Crippen LogP contribution is -2.12. The smallest absolute Gasteiger partial charge is 0.324 e. The van der Waals surface area contributed by atoms with Crippen LogP contribution >= 0.6 is 15.2 Å². The van der Waals surface area contributed by atoms with Crippen molar-refractivity contribution in [3.63, 3.8) is 0 Å². The molecule has 0 spiro atoms. The van der Waals surface area contributed by atoms with Gasteiger partial charge in [-0.15, -0.1) is 0 Å². The summed E-state index contributed by atoms with van der Waals surface area (Å²) < 4.78 is 22.1. The fourth-order valence-corrected chi connectivity index (χ4v) is 3.95. The van der Waals surface area contributed by atoms with Crippen LogP contribution < -0.4 is 0 Å². The summed E-state index contributed by atoms with van der Waals surface area (Å²) in [5.41, 5.74) is 1.35. The lowest BCUT2D eigenvalue weighted by atomic mass is 10.1. The molecule has 0 amide bonds. The van der Waals surface area contributed by atoms with Crippen molar-refractivity contribution in [2.24, 2.45) is 0 Å². The summed E-state index contributed by atoms with van der Waals surface area (Å²) in [7, 11) is -9.68. The molecule has 0 aromatic heterocycles. The van der Waals surface area contributed by atoms with Crippen molar-refractivity contribution < 1.29 is 28.7 Å². The van der Waals surface area contributed by atoms with E-state index in [2.05, 4.69) is 0 Å². The molecule has 0 saturated carbocycles. The summed E-state index contributed by atoms with van der Waals surface area (Å²) in [5, 5.41) is -1.98. The minimum atomic E-state index is -4.84. The van der Waals surface area contributed by atoms with Crippen LogP contribution in [0.25, 0.3) is 0 Å². The number of benzene rings is 1. The van der Waals surface area contributed by atoms with E-state index in [1.54, 1.807) is 31.2 Å². The molecular weight excluding hydrogens is 266 g/mol. The van der Waals surface area contributed by atoms with E-state index >= 15 is 0 Å². The summed E-state index contributed by atoms with van der Waals surface area (Å²) in [5.74, 6) is 0. The Morgan fingerprint density at radius 3 is 2.06 bits per heavy atom. The normalized spacial score (nSPS) is 13.1. The third-order valence-corrected chi connectivity index (χ3v) is 6.00. The maximum Gasteiger partial charge on any atom is 0.341 e. The molecule has 1 rings (SSSR count). The van der Waals surface area contributed by atoms with Crippen LogP contribution in [0.15, 0.2) is 24.3 Å². The maximum atomic E-state index is 11.1. The number of hydrogen-bond donors (Lipinski definition) is 4. The van der Waals surface area contributed by atoms with Gasteiger partial charge in [0, 0.05) is 0 Å². The van der Waals surface area contributed by atoms with Crippen LogP contribution in [0.2, 0.25) is 0 Å². The van der Waals surface area contributed by atoms with E-state index in [9.17, 15) is 9.13 Å². The molecule has 6 nitrogen and oxygen atoms in total. The topological polar surface area (TPSA) is 115 Å². The zero-order valence-electron chi connectivity index (χ0n) is 9.09. The zero-order valence-corrected chi connectivity index (χ0v) is 10.9. The molecule has 0 atom stereocenters. The highest BCUT2D eigenvalue weighted by atomic mass is 31.2. The Bertz CT molecular complexity index is 466. The highest BCUT2D eigenvalue weighted by molar-refractivity contribution is 7.70. The van der Waals surface area contributed by atoms with Crippen LogP contribution in [-0.4, -0.2) is 25.0 Å². The van der Waals surface area contributed by atoms with Crippen LogP contribution in [0, 0.1) is 6.92 Å². The van der Waals surface area contributed by atoms with Gasteiger partial charge in [-0.05, 0) is 18.9 Å². The minimum absolute atomic E-state index is 0.351. The monoisotopic (exact) mass is 280 g/mol. The first-order chi connectivity index (χ1) is 7.60. The van der Waals surface area contributed by atoms with E-state index in [1.165, 1.54) is 0 Å². The zero-order chi connectivity index (χ0) is 13.3. The number of rotatable bonds is 4. The van der Waals surface area contributed by atoms with Crippen LogP contribution in [0.4, 0.5) is 0 Å². The van der Waals surface area contributed by atoms with E-state index in [1.807, 2.05) is 0 Å². The minimum Gasteiger partial charge on any atom is -0.324 e. The summed E-state index contributed by atoms with van der Waals surface area (Å²) in [6, 6.07) is 6.66. The summed E-state index contributed by atoms with van der Waals surface area (Å²) in [4.78, 5) is 35.9. The van der Waals surface area contributed by atoms with E-state index in [0.717, 1.165) is 5.56 Å². The molecular formula is C9H14O6P2. The lowest BCUT2D eigenvalue weighted by molar-refractivity contribution is 0.338. The largest absolute Gasteiger partial charge is 0.341 e. The quantitative estimate of drug-likeness (QED) is 0.616. The van der Waals surface area contributed by atoms with Crippen molar-refractivity contribution in [2.45, 2.75) is 18.7 Å². The highest BCUT2D eigenvalue weighted by Crippen LogP contribution is 2.60. The molecule has 0 bridgehead atoms. The van der Waals surface area contributed by atoms with Crippen molar-refractivity contribution in [3.8, 4) is 0 Å². The Labute approximate surface area is 98.6 Å². The average molecular weight is 280 g/mol. The Morgan fingerprint density at radius 1 is 1.12 bits per heavy atom. The van der Waals surface area contributed by atoms with Gasteiger partial charge in [0.1, 0.15) is 0 Å². The molecule has 0 radical (unpaired) electrons. The van der Waals surface area contributed by atoms with Gasteiger partial charge >= 0.3 is 15.2 Å². The van der Waals surface area contributed by atoms with Crippen LogP contribution in [-0.2, 0) is 15.6 Å². The van der Waals surface area contributed by atoms with Crippen molar-refractivity contribution >= 4 is 15.2 Å². The maximum absolute atomic E-state index is 11.1. The fraction of sp³-hybridized carbons (Fsp3) is 0.333. The molecule has 0 unspecified atom stereocenters. The van der Waals surface area contributed by atoms with Crippen LogP contribution in [0.3, 0.4) is 0 Å². The van der Waals surface area contributed by atoms with Gasteiger partial charge in [-0.3, -0.25) is 9.13 Å². The SMILES string of the molecule is Cc1cccc(CC(P(=O)(O)O)P(=O)(O)O)c1. The molecule has 1 aromatic rings. The molecule has 4 N–H and O–H groups in total. The average Bonchev–Trinajstić information content (AvgIpc) is 2.10. The number of aryl methyl sites for hydroxylation is 1. The van der Waals surface area contributed by atoms with E-state index in [0.29, 0.717) is 5.56 Å². The predicted octanol–water partition coefficient (Wildman–Crippen LogP) is 1.22. The van der Waals surface area contributed by atoms with Crippen LogP contribution in [0.1, 0.15) is 11.1 Å². The molecule has 96 valence electrons. The Balaban J connectivity index is 3.04. The van der Waals surface area contributed by atoms with Gasteiger partial charge in [0.05, 0.1) is 0 Å². The van der Waals surface area contributed by atoms with Crippen molar-refractivity contribution in [3.05, 3.63) is 35.4 Å². The summed E-state index contributed by atoms with van der Waals surface area (Å²) in [6.45, 7) is 1.79. The van der Waals surface area contributed by atoms with Gasteiger partial charge in [-0.2, -0.15) is 0 Å². The van der Waals surface area contributed by atoms with Crippen molar-refractivity contribution in [1.29, 1.82) is 0 Å². The standard InChI is InChI=1S/C9H14O6P2/c1-7-3-2-4-8(5-7)6-9(16(10,11)12)17(13,14)15/h2-5,9H,6H2,1H3,(H2,10,11,12)(H2,13,14,15). The van der Waals surface area contributed by atoms with E-state index < -0.39 is 20.6 Å². The third kappa shape index (κ3) is 4.36. The van der Waals surface area contributed by atoms with Crippen molar-refractivity contribution in [1.82, 2.24) is 0 Å². The molecule has 0 saturated heterocycles. The molecule has 0 aliphatic heterocycles. The van der Waals surface area contributed by atoms with Gasteiger partial charge in [0.25, 0.3) is 0 Å². The second-order valence-electron chi connectivity index (χ2n) is 3.85. The Morgan fingerprint density at radius 2 is 1.65 bits per heavy atom. The van der Waals surface area contributed by atoms with Gasteiger partial charge in [-0.1, -0.05) is 29.8 Å². The van der Waals surface area contributed by atoms with Crippen molar-refractivity contribution in [2.75, 3.05) is 0 Å². The fourth-order valence-electron chi connectivity index (χ4n) is 1.48.